The lowest BCUT2D eigenvalue weighted by Gasteiger charge is -2.38. The fraction of sp³-hybridized carbons (Fsp3) is 0.500. The van der Waals surface area contributed by atoms with Crippen molar-refractivity contribution < 1.29 is 9.18 Å². The van der Waals surface area contributed by atoms with Crippen molar-refractivity contribution in [3.05, 3.63) is 35.6 Å². The third-order valence-electron chi connectivity index (χ3n) is 3.49. The Kier molecular flexibility index (Phi) is 5.76. The van der Waals surface area contributed by atoms with Crippen LogP contribution in [-0.4, -0.2) is 29.4 Å². The van der Waals surface area contributed by atoms with Crippen LogP contribution in [0.4, 0.5) is 4.39 Å². The summed E-state index contributed by atoms with van der Waals surface area (Å²) in [6.07, 6.45) is 3.02. The van der Waals surface area contributed by atoms with Gasteiger partial charge in [-0.25, -0.2) is 4.39 Å². The van der Waals surface area contributed by atoms with E-state index >= 15 is 0 Å². The summed E-state index contributed by atoms with van der Waals surface area (Å²) in [5.74, 6) is -0.494. The molecule has 1 aromatic rings. The predicted octanol–water partition coefficient (Wildman–Crippen LogP) is 2.59. The van der Waals surface area contributed by atoms with Gasteiger partial charge in [0.25, 0.3) is 5.91 Å². The topological polar surface area (TPSA) is 46.3 Å². The van der Waals surface area contributed by atoms with Crippen molar-refractivity contribution in [2.24, 2.45) is 5.73 Å². The summed E-state index contributed by atoms with van der Waals surface area (Å²) in [7, 11) is 0. The van der Waals surface area contributed by atoms with Crippen molar-refractivity contribution in [3.8, 4) is 0 Å². The minimum atomic E-state index is -0.379. The molecule has 19 heavy (non-hydrogen) atoms. The summed E-state index contributed by atoms with van der Waals surface area (Å²) in [5, 5.41) is 0. The zero-order valence-electron chi connectivity index (χ0n) is 11.0. The van der Waals surface area contributed by atoms with E-state index in [0.29, 0.717) is 12.1 Å². The maximum atomic E-state index is 13.2. The maximum absolute atomic E-state index is 13.2. The van der Waals surface area contributed by atoms with Gasteiger partial charge in [-0.3, -0.25) is 4.79 Å². The van der Waals surface area contributed by atoms with Crippen LogP contribution in [0.2, 0.25) is 0 Å². The molecule has 2 unspecified atom stereocenters. The van der Waals surface area contributed by atoms with Gasteiger partial charge in [-0.15, -0.1) is 12.4 Å². The first-order valence-electron chi connectivity index (χ1n) is 6.41. The summed E-state index contributed by atoms with van der Waals surface area (Å²) in [5.41, 5.74) is 6.34. The lowest BCUT2D eigenvalue weighted by molar-refractivity contribution is 0.0583. The molecule has 1 aliphatic rings. The molecule has 2 atom stereocenters. The van der Waals surface area contributed by atoms with Crippen molar-refractivity contribution in [1.82, 2.24) is 4.90 Å². The lowest BCUT2D eigenvalue weighted by Crippen LogP contribution is -2.51. The monoisotopic (exact) mass is 286 g/mol. The molecule has 1 fully saturated rings. The molecule has 0 aliphatic carbocycles. The molecular weight excluding hydrogens is 267 g/mol. The first-order valence-corrected chi connectivity index (χ1v) is 6.41. The second-order valence-electron chi connectivity index (χ2n) is 4.93. The third-order valence-corrected chi connectivity index (χ3v) is 3.49. The van der Waals surface area contributed by atoms with Crippen molar-refractivity contribution >= 4 is 18.3 Å². The van der Waals surface area contributed by atoms with E-state index in [-0.39, 0.29) is 36.2 Å². The lowest BCUT2D eigenvalue weighted by atomic mass is 9.96. The number of rotatable bonds is 2. The molecule has 1 saturated heterocycles. The molecule has 0 saturated carbocycles. The molecule has 0 radical (unpaired) electrons. The van der Waals surface area contributed by atoms with Gasteiger partial charge < -0.3 is 10.6 Å². The second-order valence-corrected chi connectivity index (χ2v) is 4.93. The van der Waals surface area contributed by atoms with Crippen LogP contribution in [0.3, 0.4) is 0 Å². The highest BCUT2D eigenvalue weighted by atomic mass is 35.5. The van der Waals surface area contributed by atoms with E-state index in [1.54, 1.807) is 17.0 Å². The van der Waals surface area contributed by atoms with Crippen LogP contribution in [0.15, 0.2) is 24.3 Å². The Labute approximate surface area is 119 Å². The van der Waals surface area contributed by atoms with Crippen LogP contribution in [-0.2, 0) is 0 Å². The van der Waals surface area contributed by atoms with E-state index in [1.807, 2.05) is 6.92 Å². The fourth-order valence-electron chi connectivity index (χ4n) is 2.54. The molecule has 1 aromatic carbocycles. The van der Waals surface area contributed by atoms with Crippen LogP contribution < -0.4 is 5.73 Å². The molecule has 2 N–H and O–H groups in total. The van der Waals surface area contributed by atoms with Crippen LogP contribution in [0.1, 0.15) is 36.5 Å². The van der Waals surface area contributed by atoms with E-state index in [1.165, 1.54) is 12.1 Å². The number of carbonyl (C=O) groups excluding carboxylic acids is 1. The maximum Gasteiger partial charge on any atom is 0.254 e. The summed E-state index contributed by atoms with van der Waals surface area (Å²) < 4.78 is 13.2. The standard InChI is InChI=1S/C14H19FN2O.ClH/c1-10(16)13-7-2-3-8-17(13)14(18)11-5-4-6-12(15)9-11;/h4-6,9-10,13H,2-3,7-8,16H2,1H3;1H. The first-order chi connectivity index (χ1) is 8.59. The highest BCUT2D eigenvalue weighted by Crippen LogP contribution is 2.21. The summed E-state index contributed by atoms with van der Waals surface area (Å²) in [4.78, 5) is 14.2. The summed E-state index contributed by atoms with van der Waals surface area (Å²) >= 11 is 0. The number of carbonyl (C=O) groups is 1. The number of nitrogens with zero attached hydrogens (tertiary/aromatic N) is 1. The van der Waals surface area contributed by atoms with Gasteiger partial charge in [-0.05, 0) is 44.4 Å². The molecule has 0 spiro atoms. The van der Waals surface area contributed by atoms with Crippen LogP contribution >= 0.6 is 12.4 Å². The number of halogens is 2. The largest absolute Gasteiger partial charge is 0.334 e. The average molecular weight is 287 g/mol. The van der Waals surface area contributed by atoms with Crippen LogP contribution in [0, 0.1) is 5.82 Å². The predicted molar refractivity (Wildman–Crippen MR) is 76.0 cm³/mol. The third kappa shape index (κ3) is 3.67. The zero-order valence-corrected chi connectivity index (χ0v) is 11.8. The highest BCUT2D eigenvalue weighted by molar-refractivity contribution is 5.94. The van der Waals surface area contributed by atoms with Gasteiger partial charge in [0, 0.05) is 24.2 Å². The Bertz CT molecular complexity index is 439. The number of amides is 1. The number of nitrogens with two attached hydrogens (primary N) is 1. The molecular formula is C14H20ClFN2O. The smallest absolute Gasteiger partial charge is 0.254 e. The number of benzene rings is 1. The number of likely N-dealkylation sites (tertiary alicyclic amines) is 1. The first kappa shape index (κ1) is 15.9. The van der Waals surface area contributed by atoms with Gasteiger partial charge in [0.15, 0.2) is 0 Å². The van der Waals surface area contributed by atoms with Gasteiger partial charge in [0.05, 0.1) is 0 Å². The molecule has 3 nitrogen and oxygen atoms in total. The van der Waals surface area contributed by atoms with Crippen molar-refractivity contribution in [2.45, 2.75) is 38.3 Å². The minimum Gasteiger partial charge on any atom is -0.334 e. The van der Waals surface area contributed by atoms with E-state index in [4.69, 9.17) is 5.73 Å². The Balaban J connectivity index is 0.00000180. The zero-order chi connectivity index (χ0) is 13.1. The molecule has 5 heteroatoms. The van der Waals surface area contributed by atoms with Crippen LogP contribution in [0.25, 0.3) is 0 Å². The SMILES string of the molecule is CC(N)C1CCCCN1C(=O)c1cccc(F)c1.Cl. The molecule has 2 rings (SSSR count). The fourth-order valence-corrected chi connectivity index (χ4v) is 2.54. The number of hydrogen-bond donors (Lipinski definition) is 1. The second kappa shape index (κ2) is 6.87. The minimum absolute atomic E-state index is 0. The molecule has 1 aliphatic heterocycles. The van der Waals surface area contributed by atoms with E-state index < -0.39 is 0 Å². The summed E-state index contributed by atoms with van der Waals surface area (Å²) in [6.45, 7) is 2.63. The highest BCUT2D eigenvalue weighted by Gasteiger charge is 2.29. The normalized spacial score (nSPS) is 20.6. The van der Waals surface area contributed by atoms with E-state index in [2.05, 4.69) is 0 Å². The average Bonchev–Trinajstić information content (AvgIpc) is 2.38. The van der Waals surface area contributed by atoms with Gasteiger partial charge in [0.1, 0.15) is 5.82 Å². The van der Waals surface area contributed by atoms with Gasteiger partial charge in [-0.1, -0.05) is 6.07 Å². The summed E-state index contributed by atoms with van der Waals surface area (Å²) in [6, 6.07) is 5.86. The van der Waals surface area contributed by atoms with E-state index in [0.717, 1.165) is 19.3 Å². The molecule has 0 bridgehead atoms. The van der Waals surface area contributed by atoms with Crippen molar-refractivity contribution in [1.29, 1.82) is 0 Å². The quantitative estimate of drug-likeness (QED) is 0.908. The Morgan fingerprint density at radius 3 is 2.84 bits per heavy atom. The van der Waals surface area contributed by atoms with Crippen molar-refractivity contribution in [2.75, 3.05) is 6.54 Å². The molecule has 106 valence electrons. The van der Waals surface area contributed by atoms with E-state index in [9.17, 15) is 9.18 Å². The Morgan fingerprint density at radius 1 is 1.47 bits per heavy atom. The Morgan fingerprint density at radius 2 is 2.21 bits per heavy atom. The molecule has 1 heterocycles. The number of piperidine rings is 1. The van der Waals surface area contributed by atoms with Crippen LogP contribution in [0.5, 0.6) is 0 Å². The van der Waals surface area contributed by atoms with Gasteiger partial charge in [-0.2, -0.15) is 0 Å². The number of hydrogen-bond acceptors (Lipinski definition) is 2. The molecule has 1 amide bonds. The Hall–Kier alpha value is -1.13. The van der Waals surface area contributed by atoms with Crippen molar-refractivity contribution in [3.63, 3.8) is 0 Å². The molecule has 0 aromatic heterocycles. The van der Waals surface area contributed by atoms with Gasteiger partial charge >= 0.3 is 0 Å². The van der Waals surface area contributed by atoms with Gasteiger partial charge in [0.2, 0.25) is 0 Å².